The zero-order valence-electron chi connectivity index (χ0n) is 6.64. The lowest BCUT2D eigenvalue weighted by atomic mass is 10.1. The second-order valence-electron chi connectivity index (χ2n) is 2.40. The molecule has 2 N–H and O–H groups in total. The highest BCUT2D eigenvalue weighted by Gasteiger charge is 2.04. The quantitative estimate of drug-likeness (QED) is 0.545. The molecule has 0 spiro atoms. The first-order valence-corrected chi connectivity index (χ1v) is 3.48. The average molecular weight is 179 g/mol. The van der Waals surface area contributed by atoms with Crippen LogP contribution in [0.3, 0.4) is 0 Å². The highest BCUT2D eigenvalue weighted by atomic mass is 16.6. The molecular weight excluding hydrogens is 172 g/mol. The molecule has 0 bridgehead atoms. The minimum Gasteiger partial charge on any atom is -0.369 e. The molecule has 13 heavy (non-hydrogen) atoms. The van der Waals surface area contributed by atoms with E-state index in [0.717, 1.165) is 0 Å². The maximum Gasteiger partial charge on any atom is 0.269 e. The number of nitro groups is 1. The van der Waals surface area contributed by atoms with E-state index < -0.39 is 10.8 Å². The molecule has 5 heteroatoms. The van der Waals surface area contributed by atoms with E-state index in [-0.39, 0.29) is 5.69 Å². The minimum absolute atomic E-state index is 0.0124. The number of rotatable bonds is 3. The lowest BCUT2D eigenvalue weighted by molar-refractivity contribution is -0.384. The molecule has 1 rings (SSSR count). The third kappa shape index (κ3) is 2.55. The van der Waals surface area contributed by atoms with Gasteiger partial charge in [0, 0.05) is 12.1 Å². The van der Waals surface area contributed by atoms with Crippen LogP contribution in [-0.2, 0) is 4.79 Å². The van der Waals surface area contributed by atoms with E-state index in [0.29, 0.717) is 5.56 Å². The Morgan fingerprint density at radius 3 is 2.31 bits per heavy atom. The average Bonchev–Trinajstić information content (AvgIpc) is 2.04. The van der Waals surface area contributed by atoms with Crippen LogP contribution in [0.1, 0.15) is 5.56 Å². The van der Waals surface area contributed by atoms with Gasteiger partial charge in [-0.3, -0.25) is 14.9 Å². The first-order valence-electron chi connectivity index (χ1n) is 3.48. The summed E-state index contributed by atoms with van der Waals surface area (Å²) in [7, 11) is 0. The Morgan fingerprint density at radius 2 is 1.92 bits per heavy atom. The van der Waals surface area contributed by atoms with E-state index in [2.05, 4.69) is 0 Å². The van der Waals surface area contributed by atoms with Crippen molar-refractivity contribution in [1.29, 1.82) is 0 Å². The monoisotopic (exact) mass is 179 g/mol. The van der Waals surface area contributed by atoms with E-state index in [1.54, 1.807) is 0 Å². The Kier molecular flexibility index (Phi) is 2.59. The molecule has 0 aromatic heterocycles. The predicted octanol–water partition coefficient (Wildman–Crippen LogP) is 0.632. The highest BCUT2D eigenvalue weighted by Crippen LogP contribution is 2.12. The summed E-state index contributed by atoms with van der Waals surface area (Å²) in [5.41, 5.74) is 5.44. The maximum atomic E-state index is 10.4. The topological polar surface area (TPSA) is 86.2 Å². The fourth-order valence-corrected chi connectivity index (χ4v) is 0.857. The summed E-state index contributed by atoms with van der Waals surface area (Å²) in [5, 5.41) is 10.2. The summed E-state index contributed by atoms with van der Waals surface area (Å²) in [5.74, 6) is -0.575. The number of amides is 1. The van der Waals surface area contributed by atoms with Gasteiger partial charge in [0.2, 0.25) is 5.91 Å². The van der Waals surface area contributed by atoms with Gasteiger partial charge in [-0.15, -0.1) is 0 Å². The molecule has 0 saturated carbocycles. The SMILES string of the molecule is NC(=O)[CH]c1ccc([N+](=O)[O-])cc1. The zero-order valence-corrected chi connectivity index (χ0v) is 6.64. The van der Waals surface area contributed by atoms with Gasteiger partial charge in [-0.25, -0.2) is 0 Å². The Morgan fingerprint density at radius 1 is 1.38 bits per heavy atom. The summed E-state index contributed by atoms with van der Waals surface area (Å²) >= 11 is 0. The Labute approximate surface area is 74.3 Å². The number of nitro benzene ring substituents is 1. The number of carbonyl (C=O) groups is 1. The summed E-state index contributed by atoms with van der Waals surface area (Å²) in [6.07, 6.45) is 1.20. The van der Waals surface area contributed by atoms with Crippen LogP contribution in [0.25, 0.3) is 0 Å². The minimum atomic E-state index is -0.575. The lowest BCUT2D eigenvalue weighted by Crippen LogP contribution is -2.11. The van der Waals surface area contributed by atoms with Crippen LogP contribution < -0.4 is 5.73 Å². The van der Waals surface area contributed by atoms with Gasteiger partial charge in [-0.1, -0.05) is 12.1 Å². The molecule has 0 aliphatic carbocycles. The fourth-order valence-electron chi connectivity index (χ4n) is 0.857. The van der Waals surface area contributed by atoms with Crippen molar-refractivity contribution in [2.24, 2.45) is 5.73 Å². The number of hydrogen-bond acceptors (Lipinski definition) is 3. The number of nitrogens with zero attached hydrogens (tertiary/aromatic N) is 1. The van der Waals surface area contributed by atoms with Crippen molar-refractivity contribution in [2.45, 2.75) is 0 Å². The molecule has 1 radical (unpaired) electrons. The summed E-state index contributed by atoms with van der Waals surface area (Å²) < 4.78 is 0. The molecule has 0 saturated heterocycles. The Hall–Kier alpha value is -1.91. The van der Waals surface area contributed by atoms with Crippen LogP contribution in [0.4, 0.5) is 5.69 Å². The molecule has 0 heterocycles. The van der Waals surface area contributed by atoms with Gasteiger partial charge in [0.05, 0.1) is 11.3 Å². The highest BCUT2D eigenvalue weighted by molar-refractivity contribution is 5.86. The van der Waals surface area contributed by atoms with E-state index in [1.165, 1.54) is 30.7 Å². The Bertz CT molecular complexity index is 332. The van der Waals surface area contributed by atoms with E-state index >= 15 is 0 Å². The van der Waals surface area contributed by atoms with Crippen molar-refractivity contribution in [3.63, 3.8) is 0 Å². The largest absolute Gasteiger partial charge is 0.369 e. The van der Waals surface area contributed by atoms with Gasteiger partial charge < -0.3 is 5.73 Å². The van der Waals surface area contributed by atoms with E-state index in [1.807, 2.05) is 0 Å². The van der Waals surface area contributed by atoms with Crippen molar-refractivity contribution >= 4 is 11.6 Å². The van der Waals surface area contributed by atoms with Crippen LogP contribution in [0.2, 0.25) is 0 Å². The number of nitrogens with two attached hydrogens (primary N) is 1. The standard InChI is InChI=1S/C8H7N2O3/c9-8(11)5-6-1-3-7(4-2-6)10(12)13/h1-5H,(H2,9,11). The van der Waals surface area contributed by atoms with E-state index in [9.17, 15) is 14.9 Å². The molecule has 0 atom stereocenters. The van der Waals surface area contributed by atoms with Gasteiger partial charge >= 0.3 is 0 Å². The fraction of sp³-hybridized carbons (Fsp3) is 0. The van der Waals surface area contributed by atoms with E-state index in [4.69, 9.17) is 5.73 Å². The summed E-state index contributed by atoms with van der Waals surface area (Å²) in [6, 6.07) is 5.55. The molecule has 5 nitrogen and oxygen atoms in total. The summed E-state index contributed by atoms with van der Waals surface area (Å²) in [6.45, 7) is 0. The number of benzene rings is 1. The number of non-ortho nitro benzene ring substituents is 1. The van der Waals surface area contributed by atoms with Gasteiger partial charge in [0.1, 0.15) is 0 Å². The van der Waals surface area contributed by atoms with Crippen LogP contribution >= 0.6 is 0 Å². The van der Waals surface area contributed by atoms with Crippen molar-refractivity contribution in [3.8, 4) is 0 Å². The lowest BCUT2D eigenvalue weighted by Gasteiger charge is -1.95. The van der Waals surface area contributed by atoms with Crippen molar-refractivity contribution in [3.05, 3.63) is 46.4 Å². The van der Waals surface area contributed by atoms with Gasteiger partial charge in [-0.05, 0) is 5.56 Å². The van der Waals surface area contributed by atoms with Crippen molar-refractivity contribution in [2.75, 3.05) is 0 Å². The predicted molar refractivity (Wildman–Crippen MR) is 45.7 cm³/mol. The molecule has 0 aliphatic rings. The van der Waals surface area contributed by atoms with Gasteiger partial charge in [0.15, 0.2) is 0 Å². The first kappa shape index (κ1) is 9.18. The van der Waals surface area contributed by atoms with Gasteiger partial charge in [0.25, 0.3) is 5.69 Å². The smallest absolute Gasteiger partial charge is 0.269 e. The third-order valence-electron chi connectivity index (χ3n) is 1.41. The molecule has 0 unspecified atom stereocenters. The number of hydrogen-bond donors (Lipinski definition) is 1. The normalized spacial score (nSPS) is 9.54. The second-order valence-corrected chi connectivity index (χ2v) is 2.40. The molecule has 0 fully saturated rings. The molecule has 1 amide bonds. The third-order valence-corrected chi connectivity index (χ3v) is 1.41. The number of primary amides is 1. The van der Waals surface area contributed by atoms with Crippen LogP contribution in [0.15, 0.2) is 24.3 Å². The molecular formula is C8H7N2O3. The summed E-state index contributed by atoms with van der Waals surface area (Å²) in [4.78, 5) is 20.2. The molecule has 1 aromatic rings. The second kappa shape index (κ2) is 3.66. The number of carbonyl (C=O) groups excluding carboxylic acids is 1. The molecule has 0 aliphatic heterocycles. The van der Waals surface area contributed by atoms with Crippen molar-refractivity contribution in [1.82, 2.24) is 0 Å². The van der Waals surface area contributed by atoms with Gasteiger partial charge in [-0.2, -0.15) is 0 Å². The van der Waals surface area contributed by atoms with Crippen molar-refractivity contribution < 1.29 is 9.72 Å². The first-order chi connectivity index (χ1) is 6.09. The molecule has 67 valence electrons. The Balaban J connectivity index is 2.81. The van der Waals surface area contributed by atoms with Crippen LogP contribution in [-0.4, -0.2) is 10.8 Å². The molecule has 1 aromatic carbocycles. The van der Waals surface area contributed by atoms with Crippen LogP contribution in [0.5, 0.6) is 0 Å². The maximum absolute atomic E-state index is 10.4. The zero-order chi connectivity index (χ0) is 9.84. The van der Waals surface area contributed by atoms with Crippen LogP contribution in [0, 0.1) is 16.5 Å².